The van der Waals surface area contributed by atoms with Gasteiger partial charge in [-0.05, 0) is 57.2 Å². The number of ketones is 1. The van der Waals surface area contributed by atoms with Gasteiger partial charge in [0.2, 0.25) is 0 Å². The second-order valence-electron chi connectivity index (χ2n) is 7.21. The third kappa shape index (κ3) is 5.49. The monoisotopic (exact) mass is 375 g/mol. The van der Waals surface area contributed by atoms with E-state index in [1.165, 1.54) is 36.4 Å². The lowest BCUT2D eigenvalue weighted by molar-refractivity contribution is -0.117. The number of halogens is 1. The Bertz CT molecular complexity index is 840. The van der Waals surface area contributed by atoms with Crippen LogP contribution in [-0.4, -0.2) is 27.4 Å². The molecule has 2 aromatic carbocycles. The molecular formula is C20H22ClNO4. The van der Waals surface area contributed by atoms with Gasteiger partial charge in [0.15, 0.2) is 0 Å². The highest BCUT2D eigenvalue weighted by Gasteiger charge is 2.18. The van der Waals surface area contributed by atoms with E-state index in [2.05, 4.69) is 5.32 Å². The summed E-state index contributed by atoms with van der Waals surface area (Å²) in [4.78, 5) is 24.6. The Morgan fingerprint density at radius 2 is 1.50 bits per heavy atom. The Hall–Kier alpha value is -2.53. The van der Waals surface area contributed by atoms with E-state index in [0.29, 0.717) is 21.7 Å². The fraction of sp³-hybridized carbons (Fsp3) is 0.300. The summed E-state index contributed by atoms with van der Waals surface area (Å²) in [6.45, 7) is 5.60. The molecule has 138 valence electrons. The fourth-order valence-electron chi connectivity index (χ4n) is 2.46. The van der Waals surface area contributed by atoms with Crippen molar-refractivity contribution in [3.05, 3.63) is 58.1 Å². The van der Waals surface area contributed by atoms with Crippen molar-refractivity contribution < 1.29 is 19.8 Å². The number of amides is 1. The summed E-state index contributed by atoms with van der Waals surface area (Å²) in [5.41, 5.74) is 0.752. The highest BCUT2D eigenvalue weighted by Crippen LogP contribution is 2.24. The molecule has 1 amide bonds. The van der Waals surface area contributed by atoms with Crippen molar-refractivity contribution in [2.45, 2.75) is 39.2 Å². The molecule has 5 nitrogen and oxygen atoms in total. The molecule has 3 N–H and O–H groups in total. The number of aromatic hydroxyl groups is 2. The summed E-state index contributed by atoms with van der Waals surface area (Å²) >= 11 is 5.89. The third-order valence-corrected chi connectivity index (χ3v) is 3.88. The van der Waals surface area contributed by atoms with Gasteiger partial charge in [0, 0.05) is 40.1 Å². The number of hydrogen-bond donors (Lipinski definition) is 3. The van der Waals surface area contributed by atoms with Gasteiger partial charge < -0.3 is 15.5 Å². The maximum Gasteiger partial charge on any atom is 0.251 e. The van der Waals surface area contributed by atoms with Crippen LogP contribution in [0.3, 0.4) is 0 Å². The maximum absolute atomic E-state index is 12.3. The quantitative estimate of drug-likeness (QED) is 0.744. The van der Waals surface area contributed by atoms with Gasteiger partial charge in [0.05, 0.1) is 0 Å². The van der Waals surface area contributed by atoms with Crippen molar-refractivity contribution in [1.29, 1.82) is 0 Å². The van der Waals surface area contributed by atoms with E-state index in [0.717, 1.165) is 0 Å². The number of nitrogens with one attached hydrogen (secondary N) is 1. The molecule has 0 aliphatic rings. The van der Waals surface area contributed by atoms with Crippen molar-refractivity contribution in [3.63, 3.8) is 0 Å². The molecule has 0 radical (unpaired) electrons. The average Bonchev–Trinajstić information content (AvgIpc) is 2.51. The predicted octanol–water partition coefficient (Wildman–Crippen LogP) is 3.63. The fourth-order valence-corrected chi connectivity index (χ4v) is 2.66. The summed E-state index contributed by atoms with van der Waals surface area (Å²) in [7, 11) is 0. The van der Waals surface area contributed by atoms with Crippen LogP contribution in [0.25, 0.3) is 0 Å². The van der Waals surface area contributed by atoms with Crippen LogP contribution in [0.2, 0.25) is 5.02 Å². The largest absolute Gasteiger partial charge is 0.508 e. The van der Waals surface area contributed by atoms with E-state index in [4.69, 9.17) is 11.6 Å². The van der Waals surface area contributed by atoms with Gasteiger partial charge in [0.25, 0.3) is 5.91 Å². The Kier molecular flexibility index (Phi) is 5.93. The van der Waals surface area contributed by atoms with Gasteiger partial charge in [-0.15, -0.1) is 0 Å². The van der Waals surface area contributed by atoms with Gasteiger partial charge in [0.1, 0.15) is 17.3 Å². The molecule has 6 heteroatoms. The zero-order chi connectivity index (χ0) is 19.5. The third-order valence-electron chi connectivity index (χ3n) is 3.65. The van der Waals surface area contributed by atoms with E-state index in [1.54, 1.807) is 0 Å². The highest BCUT2D eigenvalue weighted by atomic mass is 35.5. The minimum absolute atomic E-state index is 0.00900. The average molecular weight is 376 g/mol. The zero-order valence-electron chi connectivity index (χ0n) is 15.0. The summed E-state index contributed by atoms with van der Waals surface area (Å²) in [5.74, 6) is -0.559. The number of Topliss-reactive ketones (excluding diaryl/α,β-unsaturated/α-hetero) is 1. The minimum Gasteiger partial charge on any atom is -0.508 e. The number of phenolic OH excluding ortho intramolecular Hbond substituents is 2. The van der Waals surface area contributed by atoms with Gasteiger partial charge in [-0.25, -0.2) is 0 Å². The SMILES string of the molecule is CC(C)(C)NC(=O)c1ccc(O)c(CC(=O)Cc2cc(Cl)ccc2O)c1. The molecule has 0 unspecified atom stereocenters. The second-order valence-corrected chi connectivity index (χ2v) is 7.65. The minimum atomic E-state index is -0.394. The standard InChI is InChI=1S/C20H22ClNO4/c1-20(2,3)22-19(26)12-4-6-17(24)13(8-12)10-16(23)11-14-9-15(21)5-7-18(14)25/h4-9,24-25H,10-11H2,1-3H3,(H,22,26). The van der Waals surface area contributed by atoms with Crippen LogP contribution >= 0.6 is 11.6 Å². The van der Waals surface area contributed by atoms with Crippen LogP contribution in [0.4, 0.5) is 0 Å². The zero-order valence-corrected chi connectivity index (χ0v) is 15.7. The van der Waals surface area contributed by atoms with Gasteiger partial charge in [-0.2, -0.15) is 0 Å². The van der Waals surface area contributed by atoms with Crippen LogP contribution in [0.5, 0.6) is 11.5 Å². The van der Waals surface area contributed by atoms with Crippen LogP contribution in [0.1, 0.15) is 42.3 Å². The van der Waals surface area contributed by atoms with E-state index in [-0.39, 0.29) is 36.0 Å². The van der Waals surface area contributed by atoms with E-state index in [9.17, 15) is 19.8 Å². The lowest BCUT2D eigenvalue weighted by Gasteiger charge is -2.20. The van der Waals surface area contributed by atoms with E-state index in [1.807, 2.05) is 20.8 Å². The van der Waals surface area contributed by atoms with Gasteiger partial charge in [-0.1, -0.05) is 11.6 Å². The molecule has 0 heterocycles. The molecule has 26 heavy (non-hydrogen) atoms. The smallest absolute Gasteiger partial charge is 0.251 e. The first-order chi connectivity index (χ1) is 12.0. The molecule has 0 aromatic heterocycles. The summed E-state index contributed by atoms with van der Waals surface area (Å²) < 4.78 is 0. The van der Waals surface area contributed by atoms with E-state index >= 15 is 0 Å². The molecule has 0 fully saturated rings. The lowest BCUT2D eigenvalue weighted by Crippen LogP contribution is -2.40. The predicted molar refractivity (Wildman–Crippen MR) is 101 cm³/mol. The summed E-state index contributed by atoms with van der Waals surface area (Å²) in [5, 5.41) is 23.1. The molecular weight excluding hydrogens is 354 g/mol. The number of benzene rings is 2. The first-order valence-corrected chi connectivity index (χ1v) is 8.56. The van der Waals surface area contributed by atoms with Gasteiger partial charge >= 0.3 is 0 Å². The molecule has 0 aliphatic carbocycles. The maximum atomic E-state index is 12.3. The molecule has 0 spiro atoms. The topological polar surface area (TPSA) is 86.6 Å². The van der Waals surface area contributed by atoms with Crippen molar-refractivity contribution in [3.8, 4) is 11.5 Å². The van der Waals surface area contributed by atoms with Crippen molar-refractivity contribution in [1.82, 2.24) is 5.32 Å². The molecule has 2 aromatic rings. The molecule has 0 atom stereocenters. The van der Waals surface area contributed by atoms with Crippen molar-refractivity contribution in [2.24, 2.45) is 0 Å². The first-order valence-electron chi connectivity index (χ1n) is 8.18. The Labute approximate surface area is 157 Å². The lowest BCUT2D eigenvalue weighted by atomic mass is 9.99. The molecule has 0 bridgehead atoms. The molecule has 0 aliphatic heterocycles. The van der Waals surface area contributed by atoms with Crippen LogP contribution in [0, 0.1) is 0 Å². The number of carbonyl (C=O) groups excluding carboxylic acids is 2. The first kappa shape index (κ1) is 19.8. The van der Waals surface area contributed by atoms with Crippen LogP contribution in [-0.2, 0) is 17.6 Å². The normalized spacial score (nSPS) is 11.2. The van der Waals surface area contributed by atoms with E-state index < -0.39 is 5.54 Å². The number of hydrogen-bond acceptors (Lipinski definition) is 4. The molecule has 0 saturated heterocycles. The second kappa shape index (κ2) is 7.79. The number of phenols is 2. The highest BCUT2D eigenvalue weighted by molar-refractivity contribution is 6.30. The Balaban J connectivity index is 2.15. The Morgan fingerprint density at radius 1 is 0.962 bits per heavy atom. The molecule has 0 saturated carbocycles. The number of rotatable bonds is 5. The van der Waals surface area contributed by atoms with Crippen LogP contribution in [0.15, 0.2) is 36.4 Å². The van der Waals surface area contributed by atoms with Gasteiger partial charge in [-0.3, -0.25) is 9.59 Å². The summed E-state index contributed by atoms with van der Waals surface area (Å²) in [6, 6.07) is 8.91. The Morgan fingerprint density at radius 3 is 2.08 bits per heavy atom. The summed E-state index contributed by atoms with van der Waals surface area (Å²) in [6.07, 6.45) is -0.0846. The molecule has 2 rings (SSSR count). The van der Waals surface area contributed by atoms with Crippen molar-refractivity contribution in [2.75, 3.05) is 0 Å². The number of carbonyl (C=O) groups is 2. The van der Waals surface area contributed by atoms with Crippen molar-refractivity contribution >= 4 is 23.3 Å². The van der Waals surface area contributed by atoms with Crippen LogP contribution < -0.4 is 5.32 Å².